The fourth-order valence-corrected chi connectivity index (χ4v) is 2.83. The second kappa shape index (κ2) is 9.00. The molecule has 0 aliphatic carbocycles. The lowest BCUT2D eigenvalue weighted by molar-refractivity contribution is 0.0556. The molecule has 0 N–H and O–H groups in total. The van der Waals surface area contributed by atoms with Gasteiger partial charge in [-0.2, -0.15) is 0 Å². The lowest BCUT2D eigenvalue weighted by Gasteiger charge is -2.14. The van der Waals surface area contributed by atoms with Gasteiger partial charge in [0, 0.05) is 0 Å². The molecular weight excluding hydrogens is 431 g/mol. The molecule has 0 radical (unpaired) electrons. The quantitative estimate of drug-likeness (QED) is 0.458. The van der Waals surface area contributed by atoms with Crippen LogP contribution in [0.2, 0.25) is 10.0 Å². The van der Waals surface area contributed by atoms with Gasteiger partial charge in [0.25, 0.3) is 0 Å². The van der Waals surface area contributed by atoms with Crippen molar-refractivity contribution in [3.63, 3.8) is 0 Å². The first-order valence-electron chi connectivity index (χ1n) is 7.01. The fourth-order valence-electron chi connectivity index (χ4n) is 1.95. The summed E-state index contributed by atoms with van der Waals surface area (Å²) in [5.41, 5.74) is 1.13. The van der Waals surface area contributed by atoms with Crippen molar-refractivity contribution in [2.24, 2.45) is 0 Å². The Morgan fingerprint density at radius 1 is 1.24 bits per heavy atom. The monoisotopic (exact) mass is 442 g/mol. The summed E-state index contributed by atoms with van der Waals surface area (Å²) in [6.07, 6.45) is 5.08. The number of carbonyl (C=O) groups excluding carboxylic acids is 1. The molecule has 0 aliphatic rings. The zero-order valence-electron chi connectivity index (χ0n) is 13.1. The molecule has 0 aliphatic heterocycles. The first-order chi connectivity index (χ1) is 12.0. The Bertz CT molecular complexity index is 831. The summed E-state index contributed by atoms with van der Waals surface area (Å²) >= 11 is 15.3. The van der Waals surface area contributed by atoms with Crippen molar-refractivity contribution in [2.45, 2.75) is 6.61 Å². The Morgan fingerprint density at radius 2 is 2.00 bits per heavy atom. The van der Waals surface area contributed by atoms with Crippen molar-refractivity contribution in [1.29, 1.82) is 0 Å². The predicted octanol–water partition coefficient (Wildman–Crippen LogP) is 5.13. The highest BCUT2D eigenvalue weighted by atomic mass is 79.9. The number of esters is 1. The standard InChI is InChI=1S/C18H13BrCl2O4/c1-3-6-24-18(22)12-8-13(19)17(16(9-12)23-2)25-10-11-4-5-14(20)15(21)7-11/h1,4-5,7-9H,6,10H2,2H3. The second-order valence-corrected chi connectivity index (χ2v) is 6.48. The van der Waals surface area contributed by atoms with Crippen LogP contribution in [0.5, 0.6) is 11.5 Å². The van der Waals surface area contributed by atoms with Crippen molar-refractivity contribution in [1.82, 2.24) is 0 Å². The van der Waals surface area contributed by atoms with Crippen molar-refractivity contribution in [2.75, 3.05) is 13.7 Å². The lowest BCUT2D eigenvalue weighted by Crippen LogP contribution is -2.07. The Morgan fingerprint density at radius 3 is 2.64 bits per heavy atom. The summed E-state index contributed by atoms with van der Waals surface area (Å²) in [7, 11) is 1.48. The average molecular weight is 444 g/mol. The van der Waals surface area contributed by atoms with Crippen LogP contribution in [0, 0.1) is 12.3 Å². The number of methoxy groups -OCH3 is 1. The molecule has 0 bridgehead atoms. The van der Waals surface area contributed by atoms with E-state index >= 15 is 0 Å². The molecule has 0 amide bonds. The molecule has 0 heterocycles. The Labute approximate surface area is 164 Å². The van der Waals surface area contributed by atoms with Gasteiger partial charge in [0.2, 0.25) is 0 Å². The summed E-state index contributed by atoms with van der Waals surface area (Å²) in [6, 6.07) is 8.31. The van der Waals surface area contributed by atoms with Gasteiger partial charge in [-0.3, -0.25) is 0 Å². The minimum atomic E-state index is -0.548. The minimum absolute atomic E-state index is 0.103. The molecule has 2 aromatic carbocycles. The maximum absolute atomic E-state index is 11.9. The van der Waals surface area contributed by atoms with E-state index < -0.39 is 5.97 Å². The van der Waals surface area contributed by atoms with E-state index in [-0.39, 0.29) is 13.2 Å². The number of hydrogen-bond donors (Lipinski definition) is 0. The molecule has 0 atom stereocenters. The number of terminal acetylenes is 1. The van der Waals surface area contributed by atoms with Crippen molar-refractivity contribution < 1.29 is 19.0 Å². The molecule has 0 fully saturated rings. The van der Waals surface area contributed by atoms with E-state index in [1.807, 2.05) is 0 Å². The first-order valence-corrected chi connectivity index (χ1v) is 8.56. The van der Waals surface area contributed by atoms with Gasteiger partial charge in [0.05, 0.1) is 27.2 Å². The van der Waals surface area contributed by atoms with E-state index in [9.17, 15) is 4.79 Å². The van der Waals surface area contributed by atoms with Gasteiger partial charge in [0.15, 0.2) is 18.1 Å². The van der Waals surface area contributed by atoms with Crippen LogP contribution < -0.4 is 9.47 Å². The van der Waals surface area contributed by atoms with Crippen LogP contribution in [0.25, 0.3) is 0 Å². The molecule has 0 aromatic heterocycles. The van der Waals surface area contributed by atoms with E-state index in [1.54, 1.807) is 24.3 Å². The highest BCUT2D eigenvalue weighted by Crippen LogP contribution is 2.37. The highest BCUT2D eigenvalue weighted by molar-refractivity contribution is 9.10. The van der Waals surface area contributed by atoms with Gasteiger partial charge in [-0.25, -0.2) is 4.79 Å². The van der Waals surface area contributed by atoms with Crippen molar-refractivity contribution in [3.05, 3.63) is 56.0 Å². The van der Waals surface area contributed by atoms with Crippen LogP contribution in [-0.4, -0.2) is 19.7 Å². The number of carbonyl (C=O) groups is 1. The SMILES string of the molecule is C#CCOC(=O)c1cc(Br)c(OCc2ccc(Cl)c(Cl)c2)c(OC)c1. The van der Waals surface area contributed by atoms with E-state index in [0.717, 1.165) is 5.56 Å². The zero-order chi connectivity index (χ0) is 18.4. The van der Waals surface area contributed by atoms with E-state index in [2.05, 4.69) is 21.9 Å². The molecule has 0 saturated heterocycles. The summed E-state index contributed by atoms with van der Waals surface area (Å²) in [5.74, 6) is 2.51. The summed E-state index contributed by atoms with van der Waals surface area (Å²) in [4.78, 5) is 11.9. The summed E-state index contributed by atoms with van der Waals surface area (Å²) < 4.78 is 16.5. The van der Waals surface area contributed by atoms with Crippen LogP contribution in [0.1, 0.15) is 15.9 Å². The Balaban J connectivity index is 2.21. The number of benzene rings is 2. The third-order valence-electron chi connectivity index (χ3n) is 3.12. The molecule has 4 nitrogen and oxygen atoms in total. The van der Waals surface area contributed by atoms with Crippen molar-refractivity contribution in [3.8, 4) is 23.8 Å². The minimum Gasteiger partial charge on any atom is -0.493 e. The Kier molecular flexibility index (Phi) is 7.01. The van der Waals surface area contributed by atoms with Gasteiger partial charge in [0.1, 0.15) is 6.61 Å². The fraction of sp³-hybridized carbons (Fsp3) is 0.167. The van der Waals surface area contributed by atoms with Crippen LogP contribution in [0.3, 0.4) is 0 Å². The van der Waals surface area contributed by atoms with Crippen LogP contribution in [0.4, 0.5) is 0 Å². The van der Waals surface area contributed by atoms with Gasteiger partial charge < -0.3 is 14.2 Å². The number of halogens is 3. The van der Waals surface area contributed by atoms with E-state index in [0.29, 0.717) is 31.6 Å². The maximum atomic E-state index is 11.9. The average Bonchev–Trinajstić information content (AvgIpc) is 2.60. The first kappa shape index (κ1) is 19.5. The van der Waals surface area contributed by atoms with Gasteiger partial charge in [-0.15, -0.1) is 6.42 Å². The van der Waals surface area contributed by atoms with E-state index in [1.165, 1.54) is 13.2 Å². The summed E-state index contributed by atoms with van der Waals surface area (Å²) in [6.45, 7) is 0.140. The molecule has 0 saturated carbocycles. The normalized spacial score (nSPS) is 10.0. The van der Waals surface area contributed by atoms with Gasteiger partial charge >= 0.3 is 5.97 Å². The Hall–Kier alpha value is -1.87. The molecule has 7 heteroatoms. The van der Waals surface area contributed by atoms with Crippen LogP contribution in [-0.2, 0) is 11.3 Å². The van der Waals surface area contributed by atoms with Crippen molar-refractivity contribution >= 4 is 45.1 Å². The molecule has 2 aromatic rings. The van der Waals surface area contributed by atoms with Gasteiger partial charge in [-0.1, -0.05) is 35.2 Å². The topological polar surface area (TPSA) is 44.8 Å². The zero-order valence-corrected chi connectivity index (χ0v) is 16.2. The third-order valence-corrected chi connectivity index (χ3v) is 4.45. The maximum Gasteiger partial charge on any atom is 0.339 e. The summed E-state index contributed by atoms with van der Waals surface area (Å²) in [5, 5.41) is 0.916. The third kappa shape index (κ3) is 5.05. The molecule has 2 rings (SSSR count). The highest BCUT2D eigenvalue weighted by Gasteiger charge is 2.16. The smallest absolute Gasteiger partial charge is 0.339 e. The van der Waals surface area contributed by atoms with Gasteiger partial charge in [-0.05, 0) is 45.8 Å². The second-order valence-electron chi connectivity index (χ2n) is 4.81. The number of ether oxygens (including phenoxy) is 3. The molecular formula is C18H13BrCl2O4. The van der Waals surface area contributed by atoms with Crippen LogP contribution in [0.15, 0.2) is 34.8 Å². The van der Waals surface area contributed by atoms with Crippen LogP contribution >= 0.6 is 39.1 Å². The molecule has 0 spiro atoms. The van der Waals surface area contributed by atoms with E-state index in [4.69, 9.17) is 43.8 Å². The predicted molar refractivity (Wildman–Crippen MR) is 101 cm³/mol. The number of hydrogen-bond acceptors (Lipinski definition) is 4. The largest absolute Gasteiger partial charge is 0.493 e. The lowest BCUT2D eigenvalue weighted by atomic mass is 10.2. The molecule has 25 heavy (non-hydrogen) atoms. The molecule has 130 valence electrons. The molecule has 0 unspecified atom stereocenters. The number of rotatable bonds is 6.